The minimum absolute atomic E-state index is 0.00503. The van der Waals surface area contributed by atoms with Crippen LogP contribution in [0, 0.1) is 12.7 Å². The van der Waals surface area contributed by atoms with Crippen LogP contribution in [0.2, 0.25) is 0 Å². The summed E-state index contributed by atoms with van der Waals surface area (Å²) in [5.74, 6) is -1.23. The molecule has 0 unspecified atom stereocenters. The zero-order valence-electron chi connectivity index (χ0n) is 20.5. The van der Waals surface area contributed by atoms with E-state index in [9.17, 15) is 17.6 Å². The molecule has 0 atom stereocenters. The van der Waals surface area contributed by atoms with E-state index in [0.29, 0.717) is 0 Å². The first-order chi connectivity index (χ1) is 17.3. The van der Waals surface area contributed by atoms with Gasteiger partial charge < -0.3 is 5.32 Å². The van der Waals surface area contributed by atoms with Gasteiger partial charge in [-0.1, -0.05) is 60.5 Å². The van der Waals surface area contributed by atoms with Gasteiger partial charge in [-0.2, -0.15) is 0 Å². The third-order valence-corrected chi connectivity index (χ3v) is 8.13. The first kappa shape index (κ1) is 25.9. The van der Waals surface area contributed by atoms with Crippen molar-refractivity contribution in [2.24, 2.45) is 0 Å². The molecule has 190 valence electrons. The van der Waals surface area contributed by atoms with Crippen molar-refractivity contribution in [2.75, 3.05) is 23.9 Å². The molecule has 4 rings (SSSR count). The molecule has 0 saturated carbocycles. The van der Waals surface area contributed by atoms with Crippen LogP contribution in [0.3, 0.4) is 0 Å². The maximum atomic E-state index is 14.6. The lowest BCUT2D eigenvalue weighted by Gasteiger charge is -2.26. The summed E-state index contributed by atoms with van der Waals surface area (Å²) in [6.07, 6.45) is 3.73. The highest BCUT2D eigenvalue weighted by Crippen LogP contribution is 2.26. The molecule has 0 aliphatic carbocycles. The number of likely N-dealkylation sites (tertiary alicyclic amines) is 1. The van der Waals surface area contributed by atoms with Crippen molar-refractivity contribution in [3.8, 4) is 0 Å². The SMILES string of the molecule is Cc1ccc(S(=O)(=O)N(CC(=O)NCc2cccc(CN3CCCCC3)c2)c2ccccc2F)cc1. The van der Waals surface area contributed by atoms with Crippen molar-refractivity contribution in [1.82, 2.24) is 10.2 Å². The first-order valence-electron chi connectivity index (χ1n) is 12.2. The minimum atomic E-state index is -4.17. The third kappa shape index (κ3) is 6.50. The number of carbonyl (C=O) groups is 1. The summed E-state index contributed by atoms with van der Waals surface area (Å²) in [7, 11) is -4.17. The van der Waals surface area contributed by atoms with Gasteiger partial charge in [0.25, 0.3) is 10.0 Å². The second-order valence-corrected chi connectivity index (χ2v) is 11.1. The molecule has 0 aromatic heterocycles. The van der Waals surface area contributed by atoms with Crippen LogP contribution in [0.4, 0.5) is 10.1 Å². The Hall–Kier alpha value is -3.23. The molecule has 1 fully saturated rings. The molecule has 1 N–H and O–H groups in total. The summed E-state index contributed by atoms with van der Waals surface area (Å²) in [4.78, 5) is 15.3. The van der Waals surface area contributed by atoms with Gasteiger partial charge in [0.15, 0.2) is 0 Å². The van der Waals surface area contributed by atoms with Crippen LogP contribution in [0.25, 0.3) is 0 Å². The van der Waals surface area contributed by atoms with Gasteiger partial charge in [-0.3, -0.25) is 14.0 Å². The number of amides is 1. The predicted molar refractivity (Wildman–Crippen MR) is 140 cm³/mol. The summed E-state index contributed by atoms with van der Waals surface area (Å²) in [6.45, 7) is 4.63. The lowest BCUT2D eigenvalue weighted by Crippen LogP contribution is -2.41. The van der Waals surface area contributed by atoms with Gasteiger partial charge in [-0.15, -0.1) is 0 Å². The molecule has 3 aromatic carbocycles. The number of rotatable bonds is 9. The minimum Gasteiger partial charge on any atom is -0.350 e. The molecule has 36 heavy (non-hydrogen) atoms. The van der Waals surface area contributed by atoms with Crippen LogP contribution in [0.1, 0.15) is 36.0 Å². The molecule has 6 nitrogen and oxygen atoms in total. The van der Waals surface area contributed by atoms with Crippen LogP contribution in [0.15, 0.2) is 77.7 Å². The molecular weight excluding hydrogens is 477 g/mol. The van der Waals surface area contributed by atoms with Crippen molar-refractivity contribution in [1.29, 1.82) is 0 Å². The number of halogens is 1. The third-order valence-electron chi connectivity index (χ3n) is 6.35. The average Bonchev–Trinajstić information content (AvgIpc) is 2.88. The van der Waals surface area contributed by atoms with E-state index in [2.05, 4.69) is 22.3 Å². The summed E-state index contributed by atoms with van der Waals surface area (Å²) in [6, 6.07) is 19.9. The Labute approximate surface area is 212 Å². The van der Waals surface area contributed by atoms with Gasteiger partial charge in [0, 0.05) is 13.1 Å². The van der Waals surface area contributed by atoms with Gasteiger partial charge in [0.05, 0.1) is 10.6 Å². The van der Waals surface area contributed by atoms with Gasteiger partial charge >= 0.3 is 0 Å². The molecule has 1 saturated heterocycles. The second kappa shape index (κ2) is 11.7. The molecule has 1 heterocycles. The maximum Gasteiger partial charge on any atom is 0.264 e. The number of nitrogens with zero attached hydrogens (tertiary/aromatic N) is 2. The Morgan fingerprint density at radius 2 is 1.64 bits per heavy atom. The van der Waals surface area contributed by atoms with E-state index in [1.807, 2.05) is 19.1 Å². The Kier molecular flexibility index (Phi) is 8.38. The molecule has 1 amide bonds. The number of sulfonamides is 1. The van der Waals surface area contributed by atoms with Crippen LogP contribution < -0.4 is 9.62 Å². The number of hydrogen-bond acceptors (Lipinski definition) is 4. The van der Waals surface area contributed by atoms with Crippen molar-refractivity contribution < 1.29 is 17.6 Å². The monoisotopic (exact) mass is 509 g/mol. The van der Waals surface area contributed by atoms with E-state index < -0.39 is 28.3 Å². The van der Waals surface area contributed by atoms with Gasteiger partial charge in [-0.05, 0) is 68.2 Å². The van der Waals surface area contributed by atoms with Gasteiger partial charge in [-0.25, -0.2) is 12.8 Å². The summed E-state index contributed by atoms with van der Waals surface area (Å²) < 4.78 is 42.3. The fourth-order valence-electron chi connectivity index (χ4n) is 4.39. The molecular formula is C28H32FN3O3S. The standard InChI is InChI=1S/C28H32FN3O3S/c1-22-12-14-25(15-13-22)36(34,35)32(27-11-4-3-10-26(27)29)21-28(33)30-19-23-8-7-9-24(18-23)20-31-16-5-2-6-17-31/h3-4,7-15,18H,2,5-6,16-17,19-21H2,1H3,(H,30,33). The Balaban J connectivity index is 1.47. The fraction of sp³-hybridized carbons (Fsp3) is 0.321. The Morgan fingerprint density at radius 3 is 2.36 bits per heavy atom. The predicted octanol–water partition coefficient (Wildman–Crippen LogP) is 4.63. The molecule has 0 radical (unpaired) electrons. The quantitative estimate of drug-likeness (QED) is 0.457. The van der Waals surface area contributed by atoms with E-state index in [1.165, 1.54) is 55.2 Å². The molecule has 1 aliphatic rings. The number of aryl methyl sites for hydroxylation is 1. The van der Waals surface area contributed by atoms with Crippen molar-refractivity contribution >= 4 is 21.6 Å². The van der Waals surface area contributed by atoms with E-state index in [4.69, 9.17) is 0 Å². The van der Waals surface area contributed by atoms with Gasteiger partial charge in [0.2, 0.25) is 5.91 Å². The summed E-state index contributed by atoms with van der Waals surface area (Å²) >= 11 is 0. The van der Waals surface area contributed by atoms with Crippen molar-refractivity contribution in [3.05, 3.63) is 95.3 Å². The highest BCUT2D eigenvalue weighted by Gasteiger charge is 2.29. The fourth-order valence-corrected chi connectivity index (χ4v) is 5.82. The highest BCUT2D eigenvalue weighted by atomic mass is 32.2. The Bertz CT molecular complexity index is 1290. The highest BCUT2D eigenvalue weighted by molar-refractivity contribution is 7.92. The lowest BCUT2D eigenvalue weighted by atomic mass is 10.1. The average molecular weight is 510 g/mol. The van der Waals surface area contributed by atoms with Gasteiger partial charge in [0.1, 0.15) is 12.4 Å². The van der Waals surface area contributed by atoms with E-state index >= 15 is 0 Å². The molecule has 8 heteroatoms. The van der Waals surface area contributed by atoms with E-state index in [1.54, 1.807) is 18.2 Å². The number of carbonyl (C=O) groups excluding carboxylic acids is 1. The van der Waals surface area contributed by atoms with Crippen LogP contribution in [0.5, 0.6) is 0 Å². The first-order valence-corrected chi connectivity index (χ1v) is 13.7. The topological polar surface area (TPSA) is 69.7 Å². The largest absolute Gasteiger partial charge is 0.350 e. The molecule has 0 bridgehead atoms. The van der Waals surface area contributed by atoms with Crippen LogP contribution >= 0.6 is 0 Å². The lowest BCUT2D eigenvalue weighted by molar-refractivity contribution is -0.119. The number of hydrogen-bond donors (Lipinski definition) is 1. The zero-order chi connectivity index (χ0) is 25.5. The number of nitrogens with one attached hydrogen (secondary N) is 1. The number of anilines is 1. The molecule has 1 aliphatic heterocycles. The van der Waals surface area contributed by atoms with E-state index in [0.717, 1.165) is 35.1 Å². The van der Waals surface area contributed by atoms with Crippen molar-refractivity contribution in [2.45, 2.75) is 44.2 Å². The van der Waals surface area contributed by atoms with Crippen LogP contribution in [-0.4, -0.2) is 38.9 Å². The van der Waals surface area contributed by atoms with Crippen LogP contribution in [-0.2, 0) is 27.9 Å². The smallest absolute Gasteiger partial charge is 0.264 e. The summed E-state index contributed by atoms with van der Waals surface area (Å²) in [5.41, 5.74) is 2.83. The number of para-hydroxylation sites is 1. The number of benzene rings is 3. The number of piperidine rings is 1. The normalized spacial score (nSPS) is 14.4. The Morgan fingerprint density at radius 1 is 0.944 bits per heavy atom. The second-order valence-electron chi connectivity index (χ2n) is 9.21. The molecule has 3 aromatic rings. The zero-order valence-corrected chi connectivity index (χ0v) is 21.3. The maximum absolute atomic E-state index is 14.6. The van der Waals surface area contributed by atoms with E-state index in [-0.39, 0.29) is 17.1 Å². The van der Waals surface area contributed by atoms with Crippen molar-refractivity contribution in [3.63, 3.8) is 0 Å². The molecule has 0 spiro atoms. The summed E-state index contributed by atoms with van der Waals surface area (Å²) in [5, 5.41) is 2.80.